The summed E-state index contributed by atoms with van der Waals surface area (Å²) in [5, 5.41) is 0.351. The van der Waals surface area contributed by atoms with E-state index >= 15 is 0 Å². The number of ether oxygens (including phenoxy) is 1. The first-order valence-corrected chi connectivity index (χ1v) is 6.56. The molecular weight excluding hydrogens is 282 g/mol. The highest BCUT2D eigenvalue weighted by Crippen LogP contribution is 2.21. The minimum absolute atomic E-state index is 0.0373. The molecule has 6 heteroatoms. The Morgan fingerprint density at radius 2 is 2.05 bits per heavy atom. The van der Waals surface area contributed by atoms with Crippen LogP contribution < -0.4 is 0 Å². The second kappa shape index (κ2) is 6.05. The molecule has 5 nitrogen and oxygen atoms in total. The quantitative estimate of drug-likeness (QED) is 0.613. The van der Waals surface area contributed by atoms with Crippen molar-refractivity contribution in [2.75, 3.05) is 20.2 Å². The summed E-state index contributed by atoms with van der Waals surface area (Å²) >= 11 is 5.99. The first kappa shape index (κ1) is 14.5. The number of amides is 1. The molecule has 1 unspecified atom stereocenters. The summed E-state index contributed by atoms with van der Waals surface area (Å²) in [6.07, 6.45) is 0.149. The van der Waals surface area contributed by atoms with Gasteiger partial charge in [0.15, 0.2) is 5.78 Å². The highest BCUT2D eigenvalue weighted by atomic mass is 35.5. The van der Waals surface area contributed by atoms with E-state index in [0.717, 1.165) is 0 Å². The van der Waals surface area contributed by atoms with Gasteiger partial charge in [-0.1, -0.05) is 23.7 Å². The number of methoxy groups -OCH3 is 1. The lowest BCUT2D eigenvalue weighted by molar-refractivity contribution is -0.151. The first-order valence-electron chi connectivity index (χ1n) is 6.19. The number of ketones is 1. The number of nitrogens with zero attached hydrogens (tertiary/aromatic N) is 1. The van der Waals surface area contributed by atoms with Gasteiger partial charge in [0.2, 0.25) is 0 Å². The molecule has 1 aromatic carbocycles. The molecular formula is C14H14ClNO4. The van der Waals surface area contributed by atoms with Crippen molar-refractivity contribution in [3.05, 3.63) is 34.9 Å². The zero-order chi connectivity index (χ0) is 14.7. The molecule has 0 spiro atoms. The molecule has 0 aromatic heterocycles. The van der Waals surface area contributed by atoms with E-state index < -0.39 is 11.9 Å². The second-order valence-corrected chi connectivity index (χ2v) is 4.93. The highest BCUT2D eigenvalue weighted by molar-refractivity contribution is 6.33. The number of halogens is 1. The number of likely N-dealkylation sites (tertiary alicyclic amines) is 1. The third kappa shape index (κ3) is 2.82. The predicted molar refractivity (Wildman–Crippen MR) is 72.5 cm³/mol. The van der Waals surface area contributed by atoms with Gasteiger partial charge >= 0.3 is 5.97 Å². The Morgan fingerprint density at radius 1 is 1.35 bits per heavy atom. The van der Waals surface area contributed by atoms with Gasteiger partial charge in [-0.15, -0.1) is 0 Å². The zero-order valence-electron chi connectivity index (χ0n) is 11.0. The fourth-order valence-electron chi connectivity index (χ4n) is 2.17. The number of piperidine rings is 1. The molecule has 0 N–H and O–H groups in total. The fourth-order valence-corrected chi connectivity index (χ4v) is 2.39. The number of Topliss-reactive ketones (excluding diaryl/α,β-unsaturated/α-hetero) is 1. The van der Waals surface area contributed by atoms with E-state index in [2.05, 4.69) is 4.74 Å². The van der Waals surface area contributed by atoms with E-state index in [-0.39, 0.29) is 31.2 Å². The Morgan fingerprint density at radius 3 is 2.70 bits per heavy atom. The number of hydrogen-bond donors (Lipinski definition) is 0. The summed E-state index contributed by atoms with van der Waals surface area (Å²) in [6.45, 7) is 0.325. The van der Waals surface area contributed by atoms with Crippen LogP contribution in [-0.2, 0) is 14.3 Å². The molecule has 106 valence electrons. The van der Waals surface area contributed by atoms with Gasteiger partial charge in [0.1, 0.15) is 5.92 Å². The molecule has 20 heavy (non-hydrogen) atoms. The SMILES string of the molecule is COC(=O)C1CN(C(=O)c2ccccc2Cl)CCC1=O. The van der Waals surface area contributed by atoms with Gasteiger partial charge in [-0.2, -0.15) is 0 Å². The molecule has 0 radical (unpaired) electrons. The van der Waals surface area contributed by atoms with Crippen molar-refractivity contribution >= 4 is 29.3 Å². The minimum Gasteiger partial charge on any atom is -0.468 e. The molecule has 1 aliphatic rings. The van der Waals surface area contributed by atoms with Crippen molar-refractivity contribution < 1.29 is 19.1 Å². The van der Waals surface area contributed by atoms with Crippen LogP contribution in [0.1, 0.15) is 16.8 Å². The molecule has 0 aliphatic carbocycles. The molecule has 1 aromatic rings. The van der Waals surface area contributed by atoms with Crippen LogP contribution in [0.5, 0.6) is 0 Å². The van der Waals surface area contributed by atoms with Gasteiger partial charge < -0.3 is 9.64 Å². The lowest BCUT2D eigenvalue weighted by atomic mass is 9.96. The maximum Gasteiger partial charge on any atom is 0.318 e. The van der Waals surface area contributed by atoms with Crippen LogP contribution in [0.3, 0.4) is 0 Å². The van der Waals surface area contributed by atoms with Gasteiger partial charge in [0.25, 0.3) is 5.91 Å². The molecule has 1 fully saturated rings. The van der Waals surface area contributed by atoms with Crippen molar-refractivity contribution in [1.29, 1.82) is 0 Å². The molecule has 1 aliphatic heterocycles. The Kier molecular flexibility index (Phi) is 4.39. The summed E-state index contributed by atoms with van der Waals surface area (Å²) < 4.78 is 4.59. The van der Waals surface area contributed by atoms with Crippen LogP contribution >= 0.6 is 11.6 Å². The summed E-state index contributed by atoms with van der Waals surface area (Å²) in [4.78, 5) is 37.1. The minimum atomic E-state index is -0.903. The Balaban J connectivity index is 2.18. The monoisotopic (exact) mass is 295 g/mol. The summed E-state index contributed by atoms with van der Waals surface area (Å²) in [5.74, 6) is -1.98. The van der Waals surface area contributed by atoms with Crippen LogP contribution in [0.15, 0.2) is 24.3 Å². The summed E-state index contributed by atoms with van der Waals surface area (Å²) in [5.41, 5.74) is 0.368. The number of hydrogen-bond acceptors (Lipinski definition) is 4. The van der Waals surface area contributed by atoms with Crippen LogP contribution in [0.25, 0.3) is 0 Å². The lowest BCUT2D eigenvalue weighted by Crippen LogP contribution is -2.47. The van der Waals surface area contributed by atoms with Gasteiger partial charge in [-0.05, 0) is 12.1 Å². The normalized spacial score (nSPS) is 18.8. The van der Waals surface area contributed by atoms with Crippen LogP contribution in [-0.4, -0.2) is 42.8 Å². The number of benzene rings is 1. The van der Waals surface area contributed by atoms with Crippen LogP contribution in [0.4, 0.5) is 0 Å². The van der Waals surface area contributed by atoms with Crippen molar-refractivity contribution in [2.24, 2.45) is 5.92 Å². The molecule has 1 heterocycles. The maximum absolute atomic E-state index is 12.4. The Hall–Kier alpha value is -1.88. The standard InChI is InChI=1S/C14H14ClNO4/c1-20-14(19)10-8-16(7-6-12(10)17)13(18)9-4-2-3-5-11(9)15/h2-5,10H,6-8H2,1H3. The average Bonchev–Trinajstić information content (AvgIpc) is 2.47. The molecule has 1 atom stereocenters. The smallest absolute Gasteiger partial charge is 0.318 e. The number of rotatable bonds is 2. The van der Waals surface area contributed by atoms with E-state index in [9.17, 15) is 14.4 Å². The summed E-state index contributed by atoms with van der Waals surface area (Å²) in [7, 11) is 1.23. The van der Waals surface area contributed by atoms with Crippen LogP contribution in [0, 0.1) is 5.92 Å². The second-order valence-electron chi connectivity index (χ2n) is 4.52. The Bertz CT molecular complexity index is 550. The number of carbonyl (C=O) groups is 3. The molecule has 0 bridgehead atoms. The molecule has 1 amide bonds. The van der Waals surface area contributed by atoms with Crippen molar-refractivity contribution in [2.45, 2.75) is 6.42 Å². The van der Waals surface area contributed by atoms with Gasteiger partial charge in [-0.3, -0.25) is 14.4 Å². The van der Waals surface area contributed by atoms with Gasteiger partial charge in [0, 0.05) is 19.5 Å². The molecule has 1 saturated heterocycles. The fraction of sp³-hybridized carbons (Fsp3) is 0.357. The van der Waals surface area contributed by atoms with Gasteiger partial charge in [-0.25, -0.2) is 0 Å². The predicted octanol–water partition coefficient (Wildman–Crippen LogP) is 1.54. The van der Waals surface area contributed by atoms with Crippen molar-refractivity contribution in [3.63, 3.8) is 0 Å². The average molecular weight is 296 g/mol. The lowest BCUT2D eigenvalue weighted by Gasteiger charge is -2.30. The van der Waals surface area contributed by atoms with E-state index in [4.69, 9.17) is 11.6 Å². The third-order valence-electron chi connectivity index (χ3n) is 3.30. The van der Waals surface area contributed by atoms with E-state index in [1.807, 2.05) is 0 Å². The van der Waals surface area contributed by atoms with Crippen molar-refractivity contribution in [3.8, 4) is 0 Å². The maximum atomic E-state index is 12.4. The first-order chi connectivity index (χ1) is 9.54. The largest absolute Gasteiger partial charge is 0.468 e. The van der Waals surface area contributed by atoms with Gasteiger partial charge in [0.05, 0.1) is 17.7 Å². The highest BCUT2D eigenvalue weighted by Gasteiger charge is 2.36. The number of esters is 1. The third-order valence-corrected chi connectivity index (χ3v) is 3.63. The molecule has 0 saturated carbocycles. The molecule has 2 rings (SSSR count). The van der Waals surface area contributed by atoms with Crippen molar-refractivity contribution in [1.82, 2.24) is 4.90 Å². The topological polar surface area (TPSA) is 63.7 Å². The summed E-state index contributed by atoms with van der Waals surface area (Å²) in [6, 6.07) is 6.69. The van der Waals surface area contributed by atoms with Crippen LogP contribution in [0.2, 0.25) is 5.02 Å². The van der Waals surface area contributed by atoms with E-state index in [0.29, 0.717) is 10.6 Å². The Labute approximate surface area is 121 Å². The zero-order valence-corrected chi connectivity index (χ0v) is 11.7. The number of carbonyl (C=O) groups excluding carboxylic acids is 3. The van der Waals surface area contributed by atoms with E-state index in [1.54, 1.807) is 24.3 Å². The van der Waals surface area contributed by atoms with E-state index in [1.165, 1.54) is 12.0 Å².